The Labute approximate surface area is 104 Å². The highest BCUT2D eigenvalue weighted by Gasteiger charge is 2.23. The largest absolute Gasteiger partial charge is 0.356 e. The van der Waals surface area contributed by atoms with Crippen molar-refractivity contribution in [2.75, 3.05) is 19.6 Å². The Kier molecular flexibility index (Phi) is 6.14. The van der Waals surface area contributed by atoms with Crippen LogP contribution in [0.3, 0.4) is 0 Å². The molecule has 1 saturated carbocycles. The van der Waals surface area contributed by atoms with Gasteiger partial charge in [0.15, 0.2) is 0 Å². The van der Waals surface area contributed by atoms with Gasteiger partial charge in [0.25, 0.3) is 0 Å². The topological polar surface area (TPSA) is 41.1 Å². The minimum Gasteiger partial charge on any atom is -0.356 e. The molecule has 1 atom stereocenters. The smallest absolute Gasteiger partial charge is 0.224 e. The summed E-state index contributed by atoms with van der Waals surface area (Å²) >= 11 is 0. The molecule has 1 heterocycles. The van der Waals surface area contributed by atoms with Crippen LogP contribution in [0.4, 0.5) is 0 Å². The van der Waals surface area contributed by atoms with Crippen LogP contribution < -0.4 is 10.6 Å². The lowest BCUT2D eigenvalue weighted by Gasteiger charge is -2.22. The molecular formula is C12H23ClN2O. The monoisotopic (exact) mass is 246 g/mol. The summed E-state index contributed by atoms with van der Waals surface area (Å²) in [6, 6.07) is 0. The standard InChI is InChI=1S/C12H22N2O.ClH/c15-12(11-6-7-13-9-11)14-8-10-4-2-1-3-5-10;/h10-11,13H,1-9H2,(H,14,15);1H/t11-;/m1./s1. The Hall–Kier alpha value is -0.280. The summed E-state index contributed by atoms with van der Waals surface area (Å²) in [7, 11) is 0. The highest BCUT2D eigenvalue weighted by atomic mass is 35.5. The number of carbonyl (C=O) groups excluding carboxylic acids is 1. The maximum Gasteiger partial charge on any atom is 0.224 e. The van der Waals surface area contributed by atoms with E-state index in [-0.39, 0.29) is 24.2 Å². The number of nitrogens with one attached hydrogen (secondary N) is 2. The number of hydrogen-bond acceptors (Lipinski definition) is 2. The molecule has 2 rings (SSSR count). The first-order chi connectivity index (χ1) is 7.36. The van der Waals surface area contributed by atoms with Gasteiger partial charge in [-0.05, 0) is 31.7 Å². The summed E-state index contributed by atoms with van der Waals surface area (Å²) in [5, 5.41) is 6.35. The van der Waals surface area contributed by atoms with Crippen molar-refractivity contribution >= 4 is 18.3 Å². The van der Waals surface area contributed by atoms with Crippen LogP contribution in [-0.2, 0) is 4.79 Å². The van der Waals surface area contributed by atoms with Gasteiger partial charge in [-0.1, -0.05) is 19.3 Å². The second-order valence-corrected chi connectivity index (χ2v) is 4.94. The molecule has 1 aliphatic carbocycles. The molecule has 2 N–H and O–H groups in total. The molecule has 1 saturated heterocycles. The lowest BCUT2D eigenvalue weighted by Crippen LogP contribution is -2.35. The quantitative estimate of drug-likeness (QED) is 0.796. The predicted octanol–water partition coefficient (Wildman–Crippen LogP) is 1.71. The van der Waals surface area contributed by atoms with E-state index < -0.39 is 0 Å². The Morgan fingerprint density at radius 2 is 1.94 bits per heavy atom. The normalized spacial score (nSPS) is 26.1. The third kappa shape index (κ3) is 3.95. The zero-order valence-corrected chi connectivity index (χ0v) is 10.7. The second-order valence-electron chi connectivity index (χ2n) is 4.94. The summed E-state index contributed by atoms with van der Waals surface area (Å²) in [6.45, 7) is 2.79. The van der Waals surface area contributed by atoms with Gasteiger partial charge < -0.3 is 10.6 Å². The molecule has 1 amide bonds. The lowest BCUT2D eigenvalue weighted by molar-refractivity contribution is -0.124. The average molecular weight is 247 g/mol. The minimum atomic E-state index is 0. The van der Waals surface area contributed by atoms with Crippen LogP contribution in [0.15, 0.2) is 0 Å². The molecule has 0 spiro atoms. The van der Waals surface area contributed by atoms with Gasteiger partial charge in [0.05, 0.1) is 5.92 Å². The molecular weight excluding hydrogens is 224 g/mol. The summed E-state index contributed by atoms with van der Waals surface area (Å²) in [4.78, 5) is 11.7. The van der Waals surface area contributed by atoms with Crippen LogP contribution in [-0.4, -0.2) is 25.5 Å². The second kappa shape index (κ2) is 7.13. The van der Waals surface area contributed by atoms with Crippen LogP contribution in [0, 0.1) is 11.8 Å². The number of halogens is 1. The van der Waals surface area contributed by atoms with Crippen molar-refractivity contribution in [2.24, 2.45) is 11.8 Å². The number of carbonyl (C=O) groups is 1. The maximum absolute atomic E-state index is 11.7. The fourth-order valence-electron chi connectivity index (χ4n) is 2.66. The van der Waals surface area contributed by atoms with E-state index in [9.17, 15) is 4.79 Å². The van der Waals surface area contributed by atoms with Crippen LogP contribution in [0.5, 0.6) is 0 Å². The van der Waals surface area contributed by atoms with Crippen molar-refractivity contribution in [2.45, 2.75) is 38.5 Å². The van der Waals surface area contributed by atoms with E-state index in [1.807, 2.05) is 0 Å². The zero-order chi connectivity index (χ0) is 10.5. The molecule has 0 aromatic heterocycles. The van der Waals surface area contributed by atoms with Gasteiger partial charge >= 0.3 is 0 Å². The van der Waals surface area contributed by atoms with E-state index in [4.69, 9.17) is 0 Å². The van der Waals surface area contributed by atoms with E-state index in [1.165, 1.54) is 32.1 Å². The average Bonchev–Trinajstić information content (AvgIpc) is 2.81. The molecule has 0 aromatic rings. The maximum atomic E-state index is 11.7. The van der Waals surface area contributed by atoms with Crippen molar-refractivity contribution < 1.29 is 4.79 Å². The van der Waals surface area contributed by atoms with Crippen LogP contribution in [0.2, 0.25) is 0 Å². The van der Waals surface area contributed by atoms with Gasteiger partial charge in [-0.2, -0.15) is 0 Å². The number of hydrogen-bond donors (Lipinski definition) is 2. The van der Waals surface area contributed by atoms with E-state index in [0.717, 1.165) is 32.0 Å². The Morgan fingerprint density at radius 1 is 1.19 bits per heavy atom. The molecule has 0 aromatic carbocycles. The van der Waals surface area contributed by atoms with Crippen molar-refractivity contribution in [3.05, 3.63) is 0 Å². The van der Waals surface area contributed by atoms with E-state index >= 15 is 0 Å². The molecule has 2 fully saturated rings. The highest BCUT2D eigenvalue weighted by molar-refractivity contribution is 5.85. The van der Waals surface area contributed by atoms with Gasteiger partial charge in [-0.3, -0.25) is 4.79 Å². The Balaban J connectivity index is 0.00000128. The summed E-state index contributed by atoms with van der Waals surface area (Å²) in [6.07, 6.45) is 7.72. The summed E-state index contributed by atoms with van der Waals surface area (Å²) in [5.41, 5.74) is 0. The van der Waals surface area contributed by atoms with Crippen LogP contribution >= 0.6 is 12.4 Å². The lowest BCUT2D eigenvalue weighted by atomic mass is 9.89. The summed E-state index contributed by atoms with van der Waals surface area (Å²) < 4.78 is 0. The van der Waals surface area contributed by atoms with Crippen molar-refractivity contribution in [1.29, 1.82) is 0 Å². The molecule has 16 heavy (non-hydrogen) atoms. The molecule has 4 heteroatoms. The Bertz CT molecular complexity index is 211. The van der Waals surface area contributed by atoms with Crippen LogP contribution in [0.25, 0.3) is 0 Å². The van der Waals surface area contributed by atoms with Crippen molar-refractivity contribution in [1.82, 2.24) is 10.6 Å². The van der Waals surface area contributed by atoms with E-state index in [1.54, 1.807) is 0 Å². The fraction of sp³-hybridized carbons (Fsp3) is 0.917. The van der Waals surface area contributed by atoms with Gasteiger partial charge in [0.1, 0.15) is 0 Å². The first-order valence-electron chi connectivity index (χ1n) is 6.34. The summed E-state index contributed by atoms with van der Waals surface area (Å²) in [5.74, 6) is 1.25. The van der Waals surface area contributed by atoms with Gasteiger partial charge in [0, 0.05) is 13.1 Å². The number of rotatable bonds is 3. The molecule has 0 radical (unpaired) electrons. The molecule has 0 bridgehead atoms. The molecule has 2 aliphatic rings. The predicted molar refractivity (Wildman–Crippen MR) is 67.8 cm³/mol. The Morgan fingerprint density at radius 3 is 2.56 bits per heavy atom. The third-order valence-electron chi connectivity index (χ3n) is 3.72. The fourth-order valence-corrected chi connectivity index (χ4v) is 2.66. The molecule has 0 unspecified atom stereocenters. The molecule has 1 aliphatic heterocycles. The van der Waals surface area contributed by atoms with Gasteiger partial charge in [-0.25, -0.2) is 0 Å². The number of amides is 1. The van der Waals surface area contributed by atoms with Gasteiger partial charge in [-0.15, -0.1) is 12.4 Å². The van der Waals surface area contributed by atoms with Gasteiger partial charge in [0.2, 0.25) is 5.91 Å². The zero-order valence-electron chi connectivity index (χ0n) is 9.84. The minimum absolute atomic E-state index is 0. The highest BCUT2D eigenvalue weighted by Crippen LogP contribution is 2.22. The third-order valence-corrected chi connectivity index (χ3v) is 3.72. The molecule has 94 valence electrons. The first-order valence-corrected chi connectivity index (χ1v) is 6.34. The van der Waals surface area contributed by atoms with E-state index in [0.29, 0.717) is 0 Å². The first kappa shape index (κ1) is 13.8. The van der Waals surface area contributed by atoms with Crippen LogP contribution in [0.1, 0.15) is 38.5 Å². The van der Waals surface area contributed by atoms with Crippen molar-refractivity contribution in [3.63, 3.8) is 0 Å². The van der Waals surface area contributed by atoms with E-state index in [2.05, 4.69) is 10.6 Å². The SMILES string of the molecule is Cl.O=C(NCC1CCCCC1)[C@@H]1CCNC1. The van der Waals surface area contributed by atoms with Crippen molar-refractivity contribution in [3.8, 4) is 0 Å². The molecule has 3 nitrogen and oxygen atoms in total.